The van der Waals surface area contributed by atoms with E-state index in [0.29, 0.717) is 23.1 Å². The van der Waals surface area contributed by atoms with Crippen LogP contribution in [0.3, 0.4) is 0 Å². The first kappa shape index (κ1) is 43.4. The highest BCUT2D eigenvalue weighted by Crippen LogP contribution is 2.30. The van der Waals surface area contributed by atoms with Crippen LogP contribution in [-0.4, -0.2) is 40.2 Å². The molecule has 1 fully saturated rings. The maximum absolute atomic E-state index is 12.2. The number of hydrogen-bond donors (Lipinski definition) is 3. The van der Waals surface area contributed by atoms with Crippen molar-refractivity contribution in [3.8, 4) is 11.4 Å². The van der Waals surface area contributed by atoms with Crippen molar-refractivity contribution >= 4 is 34.6 Å². The zero-order valence-electron chi connectivity index (χ0n) is 32.0. The van der Waals surface area contributed by atoms with Gasteiger partial charge in [0, 0.05) is 43.7 Å². The zero-order chi connectivity index (χ0) is 38.1. The Morgan fingerprint density at radius 1 is 0.962 bits per heavy atom. The summed E-state index contributed by atoms with van der Waals surface area (Å²) < 4.78 is 1.61. The second-order valence-corrected chi connectivity index (χ2v) is 13.2. The second-order valence-electron chi connectivity index (χ2n) is 12.2. The molecule has 0 spiro atoms. The summed E-state index contributed by atoms with van der Waals surface area (Å²) in [6, 6.07) is 19.9. The van der Waals surface area contributed by atoms with Crippen LogP contribution in [0.4, 0.5) is 5.69 Å². The molecule has 4 aromatic rings. The topological polar surface area (TPSA) is 95.7 Å². The van der Waals surface area contributed by atoms with Crippen molar-refractivity contribution in [2.45, 2.75) is 72.8 Å². The molecule has 3 N–H and O–H groups in total. The fraction of sp³-hybridized carbons (Fsp3) is 0.318. The maximum Gasteiger partial charge on any atom is 0.277 e. The van der Waals surface area contributed by atoms with Gasteiger partial charge in [-0.1, -0.05) is 142 Å². The lowest BCUT2D eigenvalue weighted by atomic mass is 10.0. The first-order valence-electron chi connectivity index (χ1n) is 18.1. The minimum atomic E-state index is -0.0914. The third-order valence-corrected chi connectivity index (χ3v) is 8.40. The van der Waals surface area contributed by atoms with Crippen LogP contribution in [0.1, 0.15) is 82.1 Å². The van der Waals surface area contributed by atoms with Crippen LogP contribution >= 0.6 is 11.8 Å². The summed E-state index contributed by atoms with van der Waals surface area (Å²) in [4.78, 5) is 20.7. The van der Waals surface area contributed by atoms with E-state index in [1.807, 2.05) is 61.9 Å². The summed E-state index contributed by atoms with van der Waals surface area (Å²) in [5.74, 6) is 0.652. The van der Waals surface area contributed by atoms with Crippen molar-refractivity contribution in [2.75, 3.05) is 26.0 Å². The Bertz CT molecular complexity index is 1780. The first-order chi connectivity index (χ1) is 25.3. The van der Waals surface area contributed by atoms with Gasteiger partial charge < -0.3 is 10.6 Å². The van der Waals surface area contributed by atoms with Gasteiger partial charge in [-0.2, -0.15) is 0 Å². The molecule has 1 saturated carbocycles. The van der Waals surface area contributed by atoms with Crippen LogP contribution in [0.2, 0.25) is 0 Å². The van der Waals surface area contributed by atoms with E-state index >= 15 is 0 Å². The smallest absolute Gasteiger partial charge is 0.277 e. The molecular formula is C44H58N6OS. The number of unbranched alkanes of at least 4 members (excludes halogenated alkanes) is 1. The van der Waals surface area contributed by atoms with Crippen molar-refractivity contribution in [1.29, 1.82) is 5.41 Å². The van der Waals surface area contributed by atoms with Gasteiger partial charge in [-0.25, -0.2) is 4.98 Å². The van der Waals surface area contributed by atoms with Crippen LogP contribution in [-0.2, 0) is 13.0 Å². The Hall–Kier alpha value is -4.79. The maximum atomic E-state index is 12.2. The molecule has 0 bridgehead atoms. The SMILES string of the molecule is C=CCn1c(-c2ccccc2)ncc(NC)c1=O.C=CSC(=N)c1ccc(C=C2CC2)cc1.CCCC.CCCc1ccncc1/C=C(\C)CNC. The predicted octanol–water partition coefficient (Wildman–Crippen LogP) is 10.7. The Balaban J connectivity index is 0.000000258. The van der Waals surface area contributed by atoms with Crippen LogP contribution in [0.15, 0.2) is 120 Å². The Morgan fingerprint density at radius 3 is 2.21 bits per heavy atom. The van der Waals surface area contributed by atoms with Gasteiger partial charge >= 0.3 is 0 Å². The largest absolute Gasteiger partial charge is 0.382 e. The highest BCUT2D eigenvalue weighted by atomic mass is 32.2. The van der Waals surface area contributed by atoms with Crippen molar-refractivity contribution in [2.24, 2.45) is 0 Å². The van der Waals surface area contributed by atoms with Gasteiger partial charge in [-0.05, 0) is 61.4 Å². The number of rotatable bonds is 13. The molecule has 0 saturated heterocycles. The fourth-order valence-corrected chi connectivity index (χ4v) is 5.21. The molecule has 1 aliphatic carbocycles. The van der Waals surface area contributed by atoms with Crippen molar-refractivity contribution in [1.82, 2.24) is 19.9 Å². The average molecular weight is 719 g/mol. The van der Waals surface area contributed by atoms with Gasteiger partial charge in [0.25, 0.3) is 5.56 Å². The minimum absolute atomic E-state index is 0.0914. The minimum Gasteiger partial charge on any atom is -0.382 e. The molecule has 7 nitrogen and oxygen atoms in total. The van der Waals surface area contributed by atoms with Gasteiger partial charge in [-0.15, -0.1) is 6.58 Å². The Labute approximate surface area is 316 Å². The number of hydrogen-bond acceptors (Lipinski definition) is 7. The molecule has 2 heterocycles. The lowest BCUT2D eigenvalue weighted by Crippen LogP contribution is -2.24. The molecule has 0 atom stereocenters. The standard InChI is InChI=1S/C14H15N3O.C13H20N2.C13H13NS.C4H10/c1-3-9-17-13(11-7-5-4-6-8-11)16-10-12(15-2)14(17)18;1-4-5-12-6-7-15-10-13(12)8-11(2)9-14-3;1-2-15-13(14)12-7-5-11(6-8-12)9-10-3-4-10;1-3-4-2/h3-8,10,15H,1,9H2,2H3;6-8,10,14H,4-5,9H2,1-3H3;2,5-9,14H,1,3-4H2;3-4H2,1-2H3/b;11-8+;;. The quantitative estimate of drug-likeness (QED) is 0.0724. The van der Waals surface area contributed by atoms with Crippen molar-refractivity contribution in [3.63, 3.8) is 0 Å². The summed E-state index contributed by atoms with van der Waals surface area (Å²) in [5, 5.41) is 16.0. The number of nitrogens with one attached hydrogen (secondary N) is 3. The van der Waals surface area contributed by atoms with E-state index in [-0.39, 0.29) is 5.56 Å². The van der Waals surface area contributed by atoms with E-state index in [9.17, 15) is 4.79 Å². The Morgan fingerprint density at radius 2 is 1.65 bits per heavy atom. The third-order valence-electron chi connectivity index (χ3n) is 7.77. The number of thioether (sulfide) groups is 1. The molecular weight excluding hydrogens is 661 g/mol. The van der Waals surface area contributed by atoms with Crippen LogP contribution < -0.4 is 16.2 Å². The number of allylic oxidation sites excluding steroid dienone is 2. The molecule has 0 amide bonds. The average Bonchev–Trinajstić information content (AvgIpc) is 3.99. The molecule has 0 aliphatic heterocycles. The van der Waals surface area contributed by atoms with Crippen LogP contribution in [0, 0.1) is 5.41 Å². The van der Waals surface area contributed by atoms with E-state index in [2.05, 4.69) is 91.8 Å². The molecule has 2 aromatic heterocycles. The summed E-state index contributed by atoms with van der Waals surface area (Å²) in [6.07, 6.45) is 19.0. The number of anilines is 1. The van der Waals surface area contributed by atoms with E-state index in [0.717, 1.165) is 24.1 Å². The van der Waals surface area contributed by atoms with E-state index in [4.69, 9.17) is 5.41 Å². The molecule has 8 heteroatoms. The second kappa shape index (κ2) is 25.2. The van der Waals surface area contributed by atoms with Crippen LogP contribution in [0.25, 0.3) is 23.5 Å². The number of nitrogens with zero attached hydrogens (tertiary/aromatic N) is 3. The zero-order valence-corrected chi connectivity index (χ0v) is 32.9. The molecule has 1 aliphatic rings. The van der Waals surface area contributed by atoms with Gasteiger partial charge in [-0.3, -0.25) is 19.8 Å². The number of likely N-dealkylation sites (N-methyl/N-ethyl adjacent to an activating group) is 1. The van der Waals surface area contributed by atoms with Crippen molar-refractivity contribution < 1.29 is 0 Å². The van der Waals surface area contributed by atoms with E-state index < -0.39 is 0 Å². The van der Waals surface area contributed by atoms with E-state index in [1.54, 1.807) is 29.3 Å². The molecule has 5 rings (SSSR count). The summed E-state index contributed by atoms with van der Waals surface area (Å²) in [6.45, 7) is 17.4. The number of pyridine rings is 1. The number of aryl methyl sites for hydroxylation is 1. The van der Waals surface area contributed by atoms with E-state index in [1.165, 1.54) is 71.7 Å². The molecule has 276 valence electrons. The normalized spacial score (nSPS) is 11.3. The highest BCUT2D eigenvalue weighted by Gasteiger charge is 2.11. The molecule has 0 unspecified atom stereocenters. The summed E-state index contributed by atoms with van der Waals surface area (Å²) in [5.41, 5.74) is 9.01. The fourth-order valence-electron chi connectivity index (χ4n) is 4.77. The highest BCUT2D eigenvalue weighted by molar-refractivity contribution is 8.16. The van der Waals surface area contributed by atoms with Crippen LogP contribution in [0.5, 0.6) is 0 Å². The summed E-state index contributed by atoms with van der Waals surface area (Å²) >= 11 is 1.35. The summed E-state index contributed by atoms with van der Waals surface area (Å²) in [7, 11) is 3.67. The van der Waals surface area contributed by atoms with Gasteiger partial charge in [0.1, 0.15) is 11.5 Å². The lowest BCUT2D eigenvalue weighted by Gasteiger charge is -2.11. The number of benzene rings is 2. The van der Waals surface area contributed by atoms with Gasteiger partial charge in [0.2, 0.25) is 0 Å². The monoisotopic (exact) mass is 718 g/mol. The molecule has 52 heavy (non-hydrogen) atoms. The van der Waals surface area contributed by atoms with Gasteiger partial charge in [0.05, 0.1) is 11.2 Å². The van der Waals surface area contributed by atoms with Crippen molar-refractivity contribution in [3.05, 3.63) is 148 Å². The lowest BCUT2D eigenvalue weighted by molar-refractivity contribution is 0.768. The molecule has 0 radical (unpaired) electrons. The van der Waals surface area contributed by atoms with Gasteiger partial charge in [0.15, 0.2) is 0 Å². The molecule has 2 aromatic carbocycles. The first-order valence-corrected chi connectivity index (χ1v) is 19.0. The predicted molar refractivity (Wildman–Crippen MR) is 228 cm³/mol. The number of aromatic nitrogens is 3. The Kier molecular flexibility index (Phi) is 21.0. The third kappa shape index (κ3) is 15.6.